The summed E-state index contributed by atoms with van der Waals surface area (Å²) in [5.41, 5.74) is 6.32. The van der Waals surface area contributed by atoms with E-state index in [0.717, 1.165) is 12.1 Å². The van der Waals surface area contributed by atoms with Crippen LogP contribution in [0.5, 0.6) is 11.5 Å². The average molecular weight is 300 g/mol. The van der Waals surface area contributed by atoms with Crippen molar-refractivity contribution in [2.45, 2.75) is 5.92 Å². The maximum absolute atomic E-state index is 14.1. The molecule has 0 bridgehead atoms. The van der Waals surface area contributed by atoms with Crippen LogP contribution in [0.2, 0.25) is 0 Å². The fraction of sp³-hybridized carbons (Fsp3) is 0.0625. The van der Waals surface area contributed by atoms with Crippen molar-refractivity contribution in [3.05, 3.63) is 70.6 Å². The van der Waals surface area contributed by atoms with E-state index in [4.69, 9.17) is 10.5 Å². The number of allylic oxidation sites excluding steroid dienone is 1. The predicted octanol–water partition coefficient (Wildman–Crippen LogP) is 2.89. The Labute approximate surface area is 124 Å². The van der Waals surface area contributed by atoms with Crippen molar-refractivity contribution in [3.8, 4) is 17.6 Å². The van der Waals surface area contributed by atoms with Gasteiger partial charge < -0.3 is 15.6 Å². The summed E-state index contributed by atoms with van der Waals surface area (Å²) < 4.78 is 32.6. The van der Waals surface area contributed by atoms with E-state index in [1.54, 1.807) is 0 Å². The first-order chi connectivity index (χ1) is 10.5. The van der Waals surface area contributed by atoms with Crippen molar-refractivity contribution in [1.82, 2.24) is 0 Å². The van der Waals surface area contributed by atoms with E-state index in [0.29, 0.717) is 5.56 Å². The van der Waals surface area contributed by atoms with Crippen molar-refractivity contribution in [1.29, 1.82) is 5.26 Å². The van der Waals surface area contributed by atoms with E-state index in [-0.39, 0.29) is 28.5 Å². The van der Waals surface area contributed by atoms with Crippen LogP contribution in [0, 0.1) is 23.0 Å². The van der Waals surface area contributed by atoms with Gasteiger partial charge in [-0.15, -0.1) is 0 Å². The first-order valence-electron chi connectivity index (χ1n) is 6.36. The molecule has 1 heterocycles. The van der Waals surface area contributed by atoms with Crippen LogP contribution in [-0.4, -0.2) is 5.11 Å². The highest BCUT2D eigenvalue weighted by Crippen LogP contribution is 2.43. The molecule has 3 rings (SSSR count). The van der Waals surface area contributed by atoms with Crippen LogP contribution in [0.3, 0.4) is 0 Å². The van der Waals surface area contributed by atoms with Crippen LogP contribution < -0.4 is 10.5 Å². The Morgan fingerprint density at radius 3 is 2.55 bits per heavy atom. The molecule has 0 spiro atoms. The van der Waals surface area contributed by atoms with Gasteiger partial charge in [-0.2, -0.15) is 5.26 Å². The lowest BCUT2D eigenvalue weighted by atomic mass is 9.83. The molecule has 0 saturated heterocycles. The number of nitrogens with two attached hydrogens (primary N) is 1. The minimum Gasteiger partial charge on any atom is -0.508 e. The highest BCUT2D eigenvalue weighted by atomic mass is 19.1. The molecule has 110 valence electrons. The molecule has 0 radical (unpaired) electrons. The second-order valence-electron chi connectivity index (χ2n) is 4.81. The number of fused-ring (bicyclic) bond motifs is 1. The van der Waals surface area contributed by atoms with E-state index in [1.807, 2.05) is 6.07 Å². The van der Waals surface area contributed by atoms with Gasteiger partial charge in [0.1, 0.15) is 34.8 Å². The molecule has 0 aliphatic carbocycles. The fourth-order valence-corrected chi connectivity index (χ4v) is 2.50. The number of aromatic hydroxyl groups is 1. The molecule has 1 aliphatic rings. The molecule has 0 saturated carbocycles. The Morgan fingerprint density at radius 2 is 1.86 bits per heavy atom. The summed E-state index contributed by atoms with van der Waals surface area (Å²) in [7, 11) is 0. The number of phenolic OH excluding ortho intramolecular Hbond substituents is 1. The average Bonchev–Trinajstić information content (AvgIpc) is 2.46. The van der Waals surface area contributed by atoms with Gasteiger partial charge in [-0.05, 0) is 12.1 Å². The molecule has 0 aromatic heterocycles. The van der Waals surface area contributed by atoms with E-state index in [1.165, 1.54) is 24.3 Å². The number of rotatable bonds is 1. The van der Waals surface area contributed by atoms with Crippen LogP contribution in [-0.2, 0) is 0 Å². The zero-order valence-corrected chi connectivity index (χ0v) is 11.2. The number of phenols is 1. The number of benzene rings is 2. The predicted molar refractivity (Wildman–Crippen MR) is 73.8 cm³/mol. The number of halogens is 2. The normalized spacial score (nSPS) is 16.7. The van der Waals surface area contributed by atoms with Crippen molar-refractivity contribution < 1.29 is 18.6 Å². The van der Waals surface area contributed by atoms with Gasteiger partial charge in [-0.3, -0.25) is 0 Å². The summed E-state index contributed by atoms with van der Waals surface area (Å²) in [5, 5.41) is 18.8. The van der Waals surface area contributed by atoms with E-state index >= 15 is 0 Å². The molecular weight excluding hydrogens is 290 g/mol. The highest BCUT2D eigenvalue weighted by molar-refractivity contribution is 5.57. The summed E-state index contributed by atoms with van der Waals surface area (Å²) in [6.07, 6.45) is 0. The molecule has 2 aromatic rings. The topological polar surface area (TPSA) is 79.3 Å². The van der Waals surface area contributed by atoms with Gasteiger partial charge >= 0.3 is 0 Å². The molecule has 3 N–H and O–H groups in total. The lowest BCUT2D eigenvalue weighted by molar-refractivity contribution is 0.387. The first kappa shape index (κ1) is 13.9. The molecule has 4 nitrogen and oxygen atoms in total. The Balaban J connectivity index is 2.26. The Hall–Kier alpha value is -3.07. The second-order valence-corrected chi connectivity index (χ2v) is 4.81. The van der Waals surface area contributed by atoms with Crippen LogP contribution in [0.4, 0.5) is 8.78 Å². The van der Waals surface area contributed by atoms with Crippen molar-refractivity contribution >= 4 is 0 Å². The number of ether oxygens (including phenoxy) is 1. The lowest BCUT2D eigenvalue weighted by Crippen LogP contribution is -2.21. The standard InChI is InChI=1S/C16H10F2N2O2/c17-8-1-3-10(13(18)5-8)15-11-4-2-9(21)6-14(11)22-16(20)12(15)7-19/h1-6,15,21H,20H2/t15-/m0/s1. The largest absolute Gasteiger partial charge is 0.508 e. The van der Waals surface area contributed by atoms with Gasteiger partial charge in [0.25, 0.3) is 0 Å². The van der Waals surface area contributed by atoms with Gasteiger partial charge in [0.05, 0.1) is 5.92 Å². The molecular formula is C16H10F2N2O2. The van der Waals surface area contributed by atoms with Crippen LogP contribution in [0.25, 0.3) is 0 Å². The molecule has 1 aliphatic heterocycles. The Bertz CT molecular complexity index is 841. The molecule has 1 atom stereocenters. The molecule has 22 heavy (non-hydrogen) atoms. The minimum absolute atomic E-state index is 0.0312. The highest BCUT2D eigenvalue weighted by Gasteiger charge is 2.32. The first-order valence-corrected chi connectivity index (χ1v) is 6.36. The van der Waals surface area contributed by atoms with Gasteiger partial charge in [0, 0.05) is 23.3 Å². The van der Waals surface area contributed by atoms with Crippen molar-refractivity contribution in [2.75, 3.05) is 0 Å². The molecule has 0 fully saturated rings. The number of hydrogen-bond acceptors (Lipinski definition) is 4. The van der Waals surface area contributed by atoms with Crippen molar-refractivity contribution in [2.24, 2.45) is 5.73 Å². The van der Waals surface area contributed by atoms with Crippen LogP contribution in [0.1, 0.15) is 17.0 Å². The van der Waals surface area contributed by atoms with Gasteiger partial charge in [-0.1, -0.05) is 12.1 Å². The number of nitriles is 1. The number of hydrogen-bond donors (Lipinski definition) is 2. The Kier molecular flexibility index (Phi) is 3.18. The van der Waals surface area contributed by atoms with Gasteiger partial charge in [-0.25, -0.2) is 8.78 Å². The monoisotopic (exact) mass is 300 g/mol. The summed E-state index contributed by atoms with van der Waals surface area (Å²) in [4.78, 5) is 0. The zero-order chi connectivity index (χ0) is 15.9. The quantitative estimate of drug-likeness (QED) is 0.848. The van der Waals surface area contributed by atoms with Gasteiger partial charge in [0.2, 0.25) is 5.88 Å². The third-order valence-electron chi connectivity index (χ3n) is 3.48. The number of nitrogens with zero attached hydrogens (tertiary/aromatic N) is 1. The zero-order valence-electron chi connectivity index (χ0n) is 11.2. The second kappa shape index (κ2) is 5.04. The third kappa shape index (κ3) is 2.13. The van der Waals surface area contributed by atoms with Crippen LogP contribution in [0.15, 0.2) is 47.9 Å². The summed E-state index contributed by atoms with van der Waals surface area (Å²) in [6.45, 7) is 0. The summed E-state index contributed by atoms with van der Waals surface area (Å²) >= 11 is 0. The molecule has 0 amide bonds. The van der Waals surface area contributed by atoms with E-state index < -0.39 is 17.6 Å². The smallest absolute Gasteiger partial charge is 0.205 e. The maximum Gasteiger partial charge on any atom is 0.205 e. The third-order valence-corrected chi connectivity index (χ3v) is 3.48. The van der Waals surface area contributed by atoms with E-state index in [9.17, 15) is 19.1 Å². The molecule has 2 aromatic carbocycles. The van der Waals surface area contributed by atoms with Crippen LogP contribution >= 0.6 is 0 Å². The minimum atomic E-state index is -0.824. The molecule has 0 unspecified atom stereocenters. The fourth-order valence-electron chi connectivity index (χ4n) is 2.50. The summed E-state index contributed by atoms with van der Waals surface area (Å²) in [5.74, 6) is -2.32. The van der Waals surface area contributed by atoms with E-state index in [2.05, 4.69) is 0 Å². The SMILES string of the molecule is N#CC1=C(N)Oc2cc(O)ccc2[C@@H]1c1ccc(F)cc1F. The summed E-state index contributed by atoms with van der Waals surface area (Å²) in [6, 6.07) is 9.26. The lowest BCUT2D eigenvalue weighted by Gasteiger charge is -2.26. The van der Waals surface area contributed by atoms with Crippen molar-refractivity contribution in [3.63, 3.8) is 0 Å². The van der Waals surface area contributed by atoms with Gasteiger partial charge in [0.15, 0.2) is 0 Å². The maximum atomic E-state index is 14.1. The molecule has 6 heteroatoms. The Morgan fingerprint density at radius 1 is 1.14 bits per heavy atom.